The van der Waals surface area contributed by atoms with Crippen molar-refractivity contribution in [2.24, 2.45) is 14.1 Å². The molecule has 0 N–H and O–H groups in total. The molecule has 146 valence electrons. The summed E-state index contributed by atoms with van der Waals surface area (Å²) in [6, 6.07) is 6.57. The number of piperazine rings is 1. The molecule has 0 radical (unpaired) electrons. The van der Waals surface area contributed by atoms with E-state index in [-0.39, 0.29) is 22.8 Å². The number of aromatic nitrogens is 2. The summed E-state index contributed by atoms with van der Waals surface area (Å²) in [6.45, 7) is 4.56. The first kappa shape index (κ1) is 19.3. The molecular weight excluding hydrogens is 351 g/mol. The highest BCUT2D eigenvalue weighted by molar-refractivity contribution is 5.29. The Morgan fingerprint density at radius 1 is 0.963 bits per heavy atom. The SMILES string of the molecule is COc1ccc(CN2CCN(Cc3cc(=O)n(C)c(=O)n3C)CC2)cc1F. The smallest absolute Gasteiger partial charge is 0.330 e. The second-order valence-electron chi connectivity index (χ2n) is 6.90. The van der Waals surface area contributed by atoms with Crippen LogP contribution in [0.25, 0.3) is 0 Å². The van der Waals surface area contributed by atoms with Crippen molar-refractivity contribution >= 4 is 0 Å². The van der Waals surface area contributed by atoms with Gasteiger partial charge in [-0.05, 0) is 17.7 Å². The van der Waals surface area contributed by atoms with Gasteiger partial charge in [-0.3, -0.25) is 23.7 Å². The summed E-state index contributed by atoms with van der Waals surface area (Å²) in [4.78, 5) is 28.4. The van der Waals surface area contributed by atoms with E-state index in [4.69, 9.17) is 4.74 Å². The Balaban J connectivity index is 1.59. The van der Waals surface area contributed by atoms with Gasteiger partial charge in [-0.15, -0.1) is 0 Å². The third kappa shape index (κ3) is 4.28. The monoisotopic (exact) mass is 376 g/mol. The van der Waals surface area contributed by atoms with Crippen molar-refractivity contribution in [2.75, 3.05) is 33.3 Å². The number of hydrogen-bond donors (Lipinski definition) is 0. The number of nitrogens with zero attached hydrogens (tertiary/aromatic N) is 4. The number of methoxy groups -OCH3 is 1. The van der Waals surface area contributed by atoms with Gasteiger partial charge in [0.05, 0.1) is 7.11 Å². The fraction of sp³-hybridized carbons (Fsp3) is 0.474. The molecule has 0 spiro atoms. The second kappa shape index (κ2) is 8.06. The zero-order valence-electron chi connectivity index (χ0n) is 15.9. The molecule has 0 atom stereocenters. The third-order valence-electron chi connectivity index (χ3n) is 5.10. The lowest BCUT2D eigenvalue weighted by atomic mass is 10.1. The van der Waals surface area contributed by atoms with E-state index >= 15 is 0 Å². The van der Waals surface area contributed by atoms with Crippen LogP contribution in [0.3, 0.4) is 0 Å². The normalized spacial score (nSPS) is 15.9. The van der Waals surface area contributed by atoms with Crippen molar-refractivity contribution in [3.8, 4) is 5.75 Å². The van der Waals surface area contributed by atoms with E-state index in [9.17, 15) is 14.0 Å². The van der Waals surface area contributed by atoms with Gasteiger partial charge in [0.1, 0.15) is 0 Å². The first-order chi connectivity index (χ1) is 12.9. The second-order valence-corrected chi connectivity index (χ2v) is 6.90. The average molecular weight is 376 g/mol. The Morgan fingerprint density at radius 3 is 2.19 bits per heavy atom. The van der Waals surface area contributed by atoms with Crippen LogP contribution in [0.4, 0.5) is 4.39 Å². The Kier molecular flexibility index (Phi) is 5.76. The third-order valence-corrected chi connectivity index (χ3v) is 5.10. The topological polar surface area (TPSA) is 59.7 Å². The lowest BCUT2D eigenvalue weighted by Gasteiger charge is -2.35. The van der Waals surface area contributed by atoms with E-state index in [1.165, 1.54) is 30.9 Å². The van der Waals surface area contributed by atoms with Crippen LogP contribution < -0.4 is 16.0 Å². The van der Waals surface area contributed by atoms with Crippen LogP contribution >= 0.6 is 0 Å². The molecule has 2 aromatic rings. The van der Waals surface area contributed by atoms with Gasteiger partial charge in [0.15, 0.2) is 11.6 Å². The zero-order chi connectivity index (χ0) is 19.6. The fourth-order valence-electron chi connectivity index (χ4n) is 3.33. The first-order valence-electron chi connectivity index (χ1n) is 8.92. The lowest BCUT2D eigenvalue weighted by molar-refractivity contribution is 0.119. The van der Waals surface area contributed by atoms with Crippen molar-refractivity contribution in [3.63, 3.8) is 0 Å². The molecule has 1 fully saturated rings. The minimum Gasteiger partial charge on any atom is -0.494 e. The molecule has 27 heavy (non-hydrogen) atoms. The van der Waals surface area contributed by atoms with E-state index in [1.807, 2.05) is 6.07 Å². The van der Waals surface area contributed by atoms with Crippen LogP contribution in [0.2, 0.25) is 0 Å². The molecule has 0 unspecified atom stereocenters. The molecule has 1 saturated heterocycles. The molecule has 1 aliphatic heterocycles. The molecule has 0 amide bonds. The maximum Gasteiger partial charge on any atom is 0.330 e. The highest BCUT2D eigenvalue weighted by Gasteiger charge is 2.19. The summed E-state index contributed by atoms with van der Waals surface area (Å²) in [5.74, 6) is -0.0941. The Labute approximate surface area is 157 Å². The van der Waals surface area contributed by atoms with E-state index in [0.29, 0.717) is 18.8 Å². The number of ether oxygens (including phenoxy) is 1. The van der Waals surface area contributed by atoms with Crippen LogP contribution in [0.15, 0.2) is 33.9 Å². The number of hydrogen-bond acceptors (Lipinski definition) is 5. The molecule has 3 rings (SSSR count). The molecule has 0 bridgehead atoms. The van der Waals surface area contributed by atoms with Gasteiger partial charge >= 0.3 is 5.69 Å². The number of rotatable bonds is 5. The Morgan fingerprint density at radius 2 is 1.59 bits per heavy atom. The molecule has 1 aliphatic rings. The van der Waals surface area contributed by atoms with Crippen molar-refractivity contribution < 1.29 is 9.13 Å². The predicted octanol–water partition coefficient (Wildman–Crippen LogP) is 0.549. The van der Waals surface area contributed by atoms with Crippen LogP contribution in [0.5, 0.6) is 5.75 Å². The van der Waals surface area contributed by atoms with E-state index < -0.39 is 0 Å². The fourth-order valence-corrected chi connectivity index (χ4v) is 3.33. The van der Waals surface area contributed by atoms with Gasteiger partial charge in [-0.25, -0.2) is 9.18 Å². The van der Waals surface area contributed by atoms with Crippen molar-refractivity contribution in [1.82, 2.24) is 18.9 Å². The lowest BCUT2D eigenvalue weighted by Crippen LogP contribution is -2.46. The highest BCUT2D eigenvalue weighted by atomic mass is 19.1. The number of benzene rings is 1. The molecular formula is C19H25FN4O3. The van der Waals surface area contributed by atoms with E-state index in [2.05, 4.69) is 9.80 Å². The van der Waals surface area contributed by atoms with E-state index in [1.54, 1.807) is 13.1 Å². The zero-order valence-corrected chi connectivity index (χ0v) is 15.9. The number of halogens is 1. The van der Waals surface area contributed by atoms with Gasteiger partial charge in [0.2, 0.25) is 0 Å². The molecule has 7 nitrogen and oxygen atoms in total. The minimum absolute atomic E-state index is 0.253. The summed E-state index contributed by atoms with van der Waals surface area (Å²) >= 11 is 0. The van der Waals surface area contributed by atoms with Gasteiger partial charge in [-0.2, -0.15) is 0 Å². The van der Waals surface area contributed by atoms with Gasteiger partial charge in [0.25, 0.3) is 5.56 Å². The quantitative estimate of drug-likeness (QED) is 0.763. The minimum atomic E-state index is -0.347. The molecule has 8 heteroatoms. The Bertz CT molecular complexity index is 930. The average Bonchev–Trinajstić information content (AvgIpc) is 2.66. The summed E-state index contributed by atoms with van der Waals surface area (Å²) in [5.41, 5.74) is 1.04. The highest BCUT2D eigenvalue weighted by Crippen LogP contribution is 2.19. The molecule has 1 aromatic heterocycles. The van der Waals surface area contributed by atoms with Gasteiger partial charge in [-0.1, -0.05) is 6.07 Å². The summed E-state index contributed by atoms with van der Waals surface area (Å²) < 4.78 is 21.4. The maximum atomic E-state index is 13.8. The van der Waals surface area contributed by atoms with E-state index in [0.717, 1.165) is 36.3 Å². The first-order valence-corrected chi connectivity index (χ1v) is 8.92. The molecule has 0 aliphatic carbocycles. The van der Waals surface area contributed by atoms with Crippen molar-refractivity contribution in [2.45, 2.75) is 13.1 Å². The van der Waals surface area contributed by atoms with Gasteiger partial charge < -0.3 is 4.74 Å². The standard InChI is InChI=1S/C19H25FN4O3/c1-21-15(11-18(25)22(2)19(21)26)13-24-8-6-23(7-9-24)12-14-4-5-17(27-3)16(20)10-14/h4-5,10-11H,6-9,12-13H2,1-3H3. The summed E-state index contributed by atoms with van der Waals surface area (Å²) in [6.07, 6.45) is 0. The van der Waals surface area contributed by atoms with Crippen molar-refractivity contribution in [3.05, 3.63) is 62.2 Å². The van der Waals surface area contributed by atoms with Gasteiger partial charge in [0, 0.05) is 65.1 Å². The predicted molar refractivity (Wildman–Crippen MR) is 100 cm³/mol. The maximum absolute atomic E-state index is 13.8. The van der Waals surface area contributed by atoms with Crippen LogP contribution in [0, 0.1) is 5.82 Å². The van der Waals surface area contributed by atoms with Crippen LogP contribution in [0.1, 0.15) is 11.3 Å². The summed E-state index contributed by atoms with van der Waals surface area (Å²) in [7, 11) is 4.62. The van der Waals surface area contributed by atoms with Crippen molar-refractivity contribution in [1.29, 1.82) is 0 Å². The molecule has 1 aromatic carbocycles. The molecule has 0 saturated carbocycles. The summed E-state index contributed by atoms with van der Waals surface area (Å²) in [5, 5.41) is 0. The largest absolute Gasteiger partial charge is 0.494 e. The van der Waals surface area contributed by atoms with Crippen LogP contribution in [-0.4, -0.2) is 52.2 Å². The molecule has 2 heterocycles. The van der Waals surface area contributed by atoms with Crippen LogP contribution in [-0.2, 0) is 27.2 Å². The Hall–Kier alpha value is -2.45.